The number of carbonyl (C=O) groups is 2. The number of aliphatic carboxylic acids is 1. The second-order valence-electron chi connectivity index (χ2n) is 5.14. The third-order valence-electron chi connectivity index (χ3n) is 3.82. The zero-order valence-corrected chi connectivity index (χ0v) is 10.3. The lowest BCUT2D eigenvalue weighted by atomic mass is 9.70. The molecule has 1 saturated heterocycles. The van der Waals surface area contributed by atoms with E-state index in [1.165, 1.54) is 0 Å². The number of carboxylic acids is 1. The number of ketones is 1. The van der Waals surface area contributed by atoms with Gasteiger partial charge in [-0.1, -0.05) is 0 Å². The van der Waals surface area contributed by atoms with Crippen LogP contribution in [0.15, 0.2) is 0 Å². The first-order valence-electron chi connectivity index (χ1n) is 5.81. The zero-order valence-electron chi connectivity index (χ0n) is 9.46. The molecule has 2 rings (SSSR count). The maximum absolute atomic E-state index is 11.6. The molecule has 0 aromatic rings. The van der Waals surface area contributed by atoms with Crippen molar-refractivity contribution in [1.29, 1.82) is 0 Å². The van der Waals surface area contributed by atoms with Crippen molar-refractivity contribution >= 4 is 21.6 Å². The fourth-order valence-electron chi connectivity index (χ4n) is 3.20. The molecule has 5 nitrogen and oxygen atoms in total. The normalized spacial score (nSPS) is 35.5. The molecule has 0 aromatic carbocycles. The van der Waals surface area contributed by atoms with Gasteiger partial charge in [0.15, 0.2) is 9.84 Å². The Morgan fingerprint density at radius 2 is 1.76 bits per heavy atom. The average molecular weight is 260 g/mol. The van der Waals surface area contributed by atoms with Gasteiger partial charge < -0.3 is 5.11 Å². The topological polar surface area (TPSA) is 88.5 Å². The maximum atomic E-state index is 11.6. The summed E-state index contributed by atoms with van der Waals surface area (Å²) in [5.74, 6) is -0.839. The first-order chi connectivity index (χ1) is 7.87. The van der Waals surface area contributed by atoms with Crippen LogP contribution < -0.4 is 0 Å². The summed E-state index contributed by atoms with van der Waals surface area (Å²) in [6.45, 7) is 0. The molecule has 2 atom stereocenters. The van der Waals surface area contributed by atoms with E-state index in [4.69, 9.17) is 5.11 Å². The lowest BCUT2D eigenvalue weighted by Crippen LogP contribution is -2.45. The van der Waals surface area contributed by atoms with Gasteiger partial charge in [-0.25, -0.2) is 8.42 Å². The largest absolute Gasteiger partial charge is 0.481 e. The highest BCUT2D eigenvalue weighted by Gasteiger charge is 2.44. The van der Waals surface area contributed by atoms with Gasteiger partial charge in [0, 0.05) is 19.3 Å². The van der Waals surface area contributed by atoms with E-state index in [2.05, 4.69) is 0 Å². The van der Waals surface area contributed by atoms with E-state index in [9.17, 15) is 18.0 Å². The number of hydrogen-bond acceptors (Lipinski definition) is 4. The van der Waals surface area contributed by atoms with E-state index in [1.54, 1.807) is 0 Å². The quantitative estimate of drug-likeness (QED) is 0.797. The predicted octanol–water partition coefficient (Wildman–Crippen LogP) is 0.491. The van der Waals surface area contributed by atoms with Gasteiger partial charge in [-0.3, -0.25) is 9.59 Å². The van der Waals surface area contributed by atoms with E-state index >= 15 is 0 Å². The standard InChI is InChI=1S/C11H16O5S/c12-9-3-7-5-17(15,16)6-8(4-9)10(7)1-2-11(13)14/h7-8,10H,1-6H2,(H,13,14). The van der Waals surface area contributed by atoms with Gasteiger partial charge in [0.25, 0.3) is 0 Å². The number of hydrogen-bond donors (Lipinski definition) is 1. The molecule has 96 valence electrons. The molecule has 0 aromatic heterocycles. The summed E-state index contributed by atoms with van der Waals surface area (Å²) in [7, 11) is -3.04. The fraction of sp³-hybridized carbons (Fsp3) is 0.818. The third kappa shape index (κ3) is 2.86. The van der Waals surface area contributed by atoms with Crippen molar-refractivity contribution in [2.24, 2.45) is 17.8 Å². The van der Waals surface area contributed by atoms with Crippen LogP contribution in [0.4, 0.5) is 0 Å². The summed E-state index contributed by atoms with van der Waals surface area (Å²) in [5.41, 5.74) is 0. The Morgan fingerprint density at radius 1 is 1.24 bits per heavy atom. The summed E-state index contributed by atoms with van der Waals surface area (Å²) < 4.78 is 23.3. The Hall–Kier alpha value is -0.910. The van der Waals surface area contributed by atoms with E-state index in [0.29, 0.717) is 19.3 Å². The van der Waals surface area contributed by atoms with E-state index in [-0.39, 0.29) is 41.5 Å². The highest BCUT2D eigenvalue weighted by atomic mass is 32.2. The Morgan fingerprint density at radius 3 is 2.24 bits per heavy atom. The number of rotatable bonds is 3. The van der Waals surface area contributed by atoms with Crippen LogP contribution in [0.1, 0.15) is 25.7 Å². The molecule has 17 heavy (non-hydrogen) atoms. The van der Waals surface area contributed by atoms with Crippen LogP contribution in [-0.2, 0) is 19.4 Å². The monoisotopic (exact) mass is 260 g/mol. The summed E-state index contributed by atoms with van der Waals surface area (Å²) in [6.07, 6.45) is 1.17. The summed E-state index contributed by atoms with van der Waals surface area (Å²) >= 11 is 0. The lowest BCUT2D eigenvalue weighted by Gasteiger charge is -2.41. The summed E-state index contributed by atoms with van der Waals surface area (Å²) in [6, 6.07) is 0. The maximum Gasteiger partial charge on any atom is 0.303 e. The first kappa shape index (κ1) is 12.5. The van der Waals surface area contributed by atoms with Crippen molar-refractivity contribution < 1.29 is 23.1 Å². The minimum Gasteiger partial charge on any atom is -0.481 e. The Bertz CT molecular complexity index is 415. The molecule has 2 unspecified atom stereocenters. The molecule has 2 bridgehead atoms. The summed E-state index contributed by atoms with van der Waals surface area (Å²) in [4.78, 5) is 22.0. The molecular weight excluding hydrogens is 244 g/mol. The fourth-order valence-corrected chi connectivity index (χ4v) is 5.37. The van der Waals surface area contributed by atoms with Gasteiger partial charge in [0.05, 0.1) is 11.5 Å². The molecule has 1 saturated carbocycles. The van der Waals surface area contributed by atoms with Crippen molar-refractivity contribution in [3.05, 3.63) is 0 Å². The highest BCUT2D eigenvalue weighted by Crippen LogP contribution is 2.41. The molecule has 1 aliphatic heterocycles. The van der Waals surface area contributed by atoms with Crippen LogP contribution in [0.2, 0.25) is 0 Å². The second kappa shape index (κ2) is 4.40. The molecule has 6 heteroatoms. The van der Waals surface area contributed by atoms with E-state index < -0.39 is 15.8 Å². The minimum absolute atomic E-state index is 0.0551. The molecule has 1 N–H and O–H groups in total. The Labute approximate surface area is 100 Å². The molecule has 0 radical (unpaired) electrons. The minimum atomic E-state index is -3.04. The van der Waals surface area contributed by atoms with Crippen LogP contribution >= 0.6 is 0 Å². The van der Waals surface area contributed by atoms with E-state index in [0.717, 1.165) is 0 Å². The van der Waals surface area contributed by atoms with Crippen molar-refractivity contribution in [3.63, 3.8) is 0 Å². The number of sulfone groups is 1. The first-order valence-corrected chi connectivity index (χ1v) is 7.63. The molecule has 1 aliphatic carbocycles. The van der Waals surface area contributed by atoms with E-state index in [1.807, 2.05) is 0 Å². The van der Waals surface area contributed by atoms with Crippen molar-refractivity contribution in [3.8, 4) is 0 Å². The molecule has 2 aliphatic rings. The average Bonchev–Trinajstić information content (AvgIpc) is 2.12. The van der Waals surface area contributed by atoms with Gasteiger partial charge in [0.2, 0.25) is 0 Å². The van der Waals surface area contributed by atoms with Crippen LogP contribution in [0.5, 0.6) is 0 Å². The zero-order chi connectivity index (χ0) is 12.6. The van der Waals surface area contributed by atoms with Crippen molar-refractivity contribution in [2.45, 2.75) is 25.7 Å². The molecule has 1 heterocycles. The molecule has 0 spiro atoms. The predicted molar refractivity (Wildman–Crippen MR) is 60.2 cm³/mol. The highest BCUT2D eigenvalue weighted by molar-refractivity contribution is 7.91. The Kier molecular flexibility index (Phi) is 3.25. The van der Waals surface area contributed by atoms with Crippen LogP contribution in [-0.4, -0.2) is 36.8 Å². The number of Topliss-reactive ketones (excluding diaryl/α,β-unsaturated/α-hetero) is 1. The van der Waals surface area contributed by atoms with Crippen LogP contribution in [0.25, 0.3) is 0 Å². The summed E-state index contributed by atoms with van der Waals surface area (Å²) in [5, 5.41) is 8.68. The molecule has 2 fully saturated rings. The van der Waals surface area contributed by atoms with Gasteiger partial charge in [-0.15, -0.1) is 0 Å². The molecule has 0 amide bonds. The van der Waals surface area contributed by atoms with Gasteiger partial charge >= 0.3 is 5.97 Å². The lowest BCUT2D eigenvalue weighted by molar-refractivity contribution is -0.137. The number of carbonyl (C=O) groups excluding carboxylic acids is 1. The van der Waals surface area contributed by atoms with Gasteiger partial charge in [-0.05, 0) is 24.2 Å². The second-order valence-corrected chi connectivity index (χ2v) is 7.29. The van der Waals surface area contributed by atoms with Crippen molar-refractivity contribution in [2.75, 3.05) is 11.5 Å². The SMILES string of the molecule is O=C(O)CCC1C2CC(=O)CC1CS(=O)(=O)C2. The van der Waals surface area contributed by atoms with Crippen LogP contribution in [0, 0.1) is 17.8 Å². The third-order valence-corrected chi connectivity index (χ3v) is 5.69. The smallest absolute Gasteiger partial charge is 0.303 e. The van der Waals surface area contributed by atoms with Gasteiger partial charge in [0.1, 0.15) is 5.78 Å². The van der Waals surface area contributed by atoms with Gasteiger partial charge in [-0.2, -0.15) is 0 Å². The number of fused-ring (bicyclic) bond motifs is 2. The Balaban J connectivity index is 2.12. The van der Waals surface area contributed by atoms with Crippen LogP contribution in [0.3, 0.4) is 0 Å². The molecular formula is C11H16O5S. The number of carboxylic acid groups (broad SMARTS) is 1. The van der Waals surface area contributed by atoms with Crippen molar-refractivity contribution in [1.82, 2.24) is 0 Å².